The predicted molar refractivity (Wildman–Crippen MR) is 109 cm³/mol. The highest BCUT2D eigenvalue weighted by Crippen LogP contribution is 2.22. The second-order valence-corrected chi connectivity index (χ2v) is 6.67. The summed E-state index contributed by atoms with van der Waals surface area (Å²) in [5.74, 6) is -0.162. The maximum Gasteiger partial charge on any atom is 0.248 e. The third-order valence-electron chi connectivity index (χ3n) is 4.20. The maximum atomic E-state index is 12.5. The highest BCUT2D eigenvalue weighted by Gasteiger charge is 2.34. The van der Waals surface area contributed by atoms with Crippen molar-refractivity contribution in [3.63, 3.8) is 0 Å². The minimum atomic E-state index is -0.408. The molecular weight excluding hydrogens is 395 g/mol. The molecule has 2 heterocycles. The lowest BCUT2D eigenvalue weighted by molar-refractivity contribution is -0.136. The molecule has 3 N–H and O–H groups in total. The van der Waals surface area contributed by atoms with Gasteiger partial charge in [-0.05, 0) is 30.9 Å². The third kappa shape index (κ3) is 5.33. The largest absolute Gasteiger partial charge is 0.399 e. The highest BCUT2D eigenvalue weighted by molar-refractivity contribution is 7.13. The molecule has 0 bridgehead atoms. The van der Waals surface area contributed by atoms with Crippen molar-refractivity contribution in [2.45, 2.75) is 31.7 Å². The van der Waals surface area contributed by atoms with Gasteiger partial charge in [-0.1, -0.05) is 18.2 Å². The van der Waals surface area contributed by atoms with Gasteiger partial charge in [0.2, 0.25) is 11.8 Å². The van der Waals surface area contributed by atoms with Crippen LogP contribution in [0.5, 0.6) is 0 Å². The van der Waals surface area contributed by atoms with Crippen LogP contribution in [-0.2, 0) is 16.0 Å². The van der Waals surface area contributed by atoms with Crippen molar-refractivity contribution in [1.29, 1.82) is 0 Å². The lowest BCUT2D eigenvalue weighted by Gasteiger charge is -2.23. The minimum absolute atomic E-state index is 0. The number of carbonyl (C=O) groups excluding carboxylic acids is 2. The fourth-order valence-electron chi connectivity index (χ4n) is 2.96. The molecule has 6 nitrogen and oxygen atoms in total. The number of nitrogens with one attached hydrogen (secondary N) is 1. The summed E-state index contributed by atoms with van der Waals surface area (Å²) >= 11 is 1.37. The van der Waals surface area contributed by atoms with Gasteiger partial charge in [0, 0.05) is 30.2 Å². The number of para-hydroxylation sites is 1. The van der Waals surface area contributed by atoms with E-state index in [0.29, 0.717) is 36.6 Å². The van der Waals surface area contributed by atoms with Crippen LogP contribution in [0.1, 0.15) is 24.8 Å². The Kier molecular flexibility index (Phi) is 8.84. The average Bonchev–Trinajstić information content (AvgIpc) is 3.25. The number of amides is 2. The molecule has 26 heavy (non-hydrogen) atoms. The summed E-state index contributed by atoms with van der Waals surface area (Å²) in [7, 11) is 0. The van der Waals surface area contributed by atoms with Gasteiger partial charge in [0.15, 0.2) is 5.13 Å². The Morgan fingerprint density at radius 2 is 2.08 bits per heavy atom. The van der Waals surface area contributed by atoms with E-state index >= 15 is 0 Å². The normalized spacial score (nSPS) is 15.7. The van der Waals surface area contributed by atoms with Gasteiger partial charge in [0.1, 0.15) is 6.04 Å². The Morgan fingerprint density at radius 1 is 1.31 bits per heavy atom. The zero-order chi connectivity index (χ0) is 16.9. The Morgan fingerprint density at radius 3 is 2.77 bits per heavy atom. The summed E-state index contributed by atoms with van der Waals surface area (Å²) in [6, 6.07) is 7.14. The van der Waals surface area contributed by atoms with E-state index in [2.05, 4.69) is 10.3 Å². The first-order valence-electron chi connectivity index (χ1n) is 7.98. The Labute approximate surface area is 169 Å². The van der Waals surface area contributed by atoms with Gasteiger partial charge in [0.05, 0.1) is 0 Å². The van der Waals surface area contributed by atoms with Crippen LogP contribution in [0.2, 0.25) is 0 Å². The molecule has 0 radical (unpaired) electrons. The van der Waals surface area contributed by atoms with Crippen molar-refractivity contribution >= 4 is 58.8 Å². The van der Waals surface area contributed by atoms with Crippen LogP contribution in [0.25, 0.3) is 0 Å². The molecule has 1 aromatic carbocycles. The first-order valence-corrected chi connectivity index (χ1v) is 8.86. The maximum absolute atomic E-state index is 12.5. The molecule has 1 aromatic heterocycles. The monoisotopic (exact) mass is 416 g/mol. The quantitative estimate of drug-likeness (QED) is 0.732. The summed E-state index contributed by atoms with van der Waals surface area (Å²) in [6.07, 6.45) is 4.12. The topological polar surface area (TPSA) is 88.3 Å². The number of halogens is 2. The second kappa shape index (κ2) is 10.4. The van der Waals surface area contributed by atoms with E-state index in [1.807, 2.05) is 24.3 Å². The smallest absolute Gasteiger partial charge is 0.248 e. The predicted octanol–water partition coefficient (Wildman–Crippen LogP) is 3.13. The number of thiazole rings is 1. The zero-order valence-corrected chi connectivity index (χ0v) is 16.5. The number of rotatable bonds is 5. The number of nitrogens with two attached hydrogens (primary N) is 1. The molecule has 142 valence electrons. The van der Waals surface area contributed by atoms with Crippen molar-refractivity contribution < 1.29 is 9.59 Å². The number of aryl methyl sites for hydroxylation is 1. The van der Waals surface area contributed by atoms with E-state index in [1.54, 1.807) is 16.5 Å². The first-order chi connectivity index (χ1) is 11.6. The number of likely N-dealkylation sites (tertiary alicyclic amines) is 1. The fraction of sp³-hybridized carbons (Fsp3) is 0.353. The van der Waals surface area contributed by atoms with Crippen molar-refractivity contribution in [2.75, 3.05) is 17.6 Å². The molecule has 0 aliphatic carbocycles. The molecule has 3 rings (SSSR count). The fourth-order valence-corrected chi connectivity index (χ4v) is 3.49. The van der Waals surface area contributed by atoms with E-state index in [4.69, 9.17) is 5.73 Å². The number of nitrogens with zero attached hydrogens (tertiary/aromatic N) is 2. The van der Waals surface area contributed by atoms with Gasteiger partial charge < -0.3 is 16.0 Å². The van der Waals surface area contributed by atoms with Gasteiger partial charge in [-0.3, -0.25) is 9.59 Å². The lowest BCUT2D eigenvalue weighted by Crippen LogP contribution is -2.43. The number of benzene rings is 1. The number of hydrogen-bond donors (Lipinski definition) is 2. The van der Waals surface area contributed by atoms with E-state index in [9.17, 15) is 9.59 Å². The van der Waals surface area contributed by atoms with Crippen LogP contribution in [0.15, 0.2) is 35.8 Å². The molecule has 0 saturated carbocycles. The molecule has 2 amide bonds. The van der Waals surface area contributed by atoms with Crippen molar-refractivity contribution in [3.8, 4) is 0 Å². The standard InChI is InChI=1S/C17H20N4O2S.2ClH/c18-13-5-2-1-4-12(13)7-8-15(22)21-10-3-6-14(21)16(23)20-17-19-9-11-24-17;;/h1-2,4-5,9,11,14H,3,6-8,10,18H2,(H,19,20,23);2*1H. The van der Waals surface area contributed by atoms with Gasteiger partial charge in [-0.25, -0.2) is 4.98 Å². The molecule has 1 aliphatic rings. The van der Waals surface area contributed by atoms with Crippen molar-refractivity contribution in [1.82, 2.24) is 9.88 Å². The third-order valence-corrected chi connectivity index (χ3v) is 4.89. The van der Waals surface area contributed by atoms with E-state index in [0.717, 1.165) is 12.0 Å². The van der Waals surface area contributed by atoms with Crippen LogP contribution in [0.3, 0.4) is 0 Å². The molecule has 1 fully saturated rings. The number of anilines is 2. The van der Waals surface area contributed by atoms with E-state index in [-0.39, 0.29) is 36.6 Å². The molecule has 1 unspecified atom stereocenters. The van der Waals surface area contributed by atoms with Crippen molar-refractivity contribution in [3.05, 3.63) is 41.4 Å². The summed E-state index contributed by atoms with van der Waals surface area (Å²) in [4.78, 5) is 30.7. The summed E-state index contributed by atoms with van der Waals surface area (Å²) in [6.45, 7) is 0.624. The molecule has 0 spiro atoms. The molecule has 9 heteroatoms. The van der Waals surface area contributed by atoms with E-state index < -0.39 is 6.04 Å². The highest BCUT2D eigenvalue weighted by atomic mass is 35.5. The average molecular weight is 417 g/mol. The van der Waals surface area contributed by atoms with Crippen LogP contribution >= 0.6 is 36.2 Å². The van der Waals surface area contributed by atoms with Crippen molar-refractivity contribution in [2.24, 2.45) is 0 Å². The van der Waals surface area contributed by atoms with Gasteiger partial charge in [-0.2, -0.15) is 0 Å². The Balaban J connectivity index is 0.00000169. The Bertz CT molecular complexity index is 727. The zero-order valence-electron chi connectivity index (χ0n) is 14.1. The number of aromatic nitrogens is 1. The number of hydrogen-bond acceptors (Lipinski definition) is 5. The Hall–Kier alpha value is -1.83. The lowest BCUT2D eigenvalue weighted by atomic mass is 10.1. The SMILES string of the molecule is Cl.Cl.Nc1ccccc1CCC(=O)N1CCCC1C(=O)Nc1nccs1. The summed E-state index contributed by atoms with van der Waals surface area (Å²) in [5, 5.41) is 5.16. The van der Waals surface area contributed by atoms with Gasteiger partial charge >= 0.3 is 0 Å². The summed E-state index contributed by atoms with van der Waals surface area (Å²) < 4.78 is 0. The van der Waals surface area contributed by atoms with Gasteiger partial charge in [-0.15, -0.1) is 36.2 Å². The molecule has 1 saturated heterocycles. The van der Waals surface area contributed by atoms with Crippen LogP contribution in [0, 0.1) is 0 Å². The number of carbonyl (C=O) groups is 2. The minimum Gasteiger partial charge on any atom is -0.399 e. The van der Waals surface area contributed by atoms with E-state index in [1.165, 1.54) is 11.3 Å². The van der Waals surface area contributed by atoms with Crippen LogP contribution in [0.4, 0.5) is 10.8 Å². The summed E-state index contributed by atoms with van der Waals surface area (Å²) in [5.41, 5.74) is 7.58. The van der Waals surface area contributed by atoms with Crippen LogP contribution in [-0.4, -0.2) is 34.3 Å². The molecule has 1 atom stereocenters. The second-order valence-electron chi connectivity index (χ2n) is 5.77. The first kappa shape index (κ1) is 22.2. The molecule has 2 aromatic rings. The molecule has 1 aliphatic heterocycles. The van der Waals surface area contributed by atoms with Crippen LogP contribution < -0.4 is 11.1 Å². The van der Waals surface area contributed by atoms with Gasteiger partial charge in [0.25, 0.3) is 0 Å². The number of nitrogen functional groups attached to an aromatic ring is 1. The molecular formula is C17H22Cl2N4O2S.